The molecule has 1 nitrogen and oxygen atoms in total. The van der Waals surface area contributed by atoms with E-state index in [-0.39, 0.29) is 10.7 Å². The topological polar surface area (TPSA) is 12.4 Å². The van der Waals surface area contributed by atoms with E-state index in [0.29, 0.717) is 5.56 Å². The Labute approximate surface area is 178 Å². The highest BCUT2D eigenvalue weighted by Gasteiger charge is 2.08. The van der Waals surface area contributed by atoms with Crippen LogP contribution in [0.15, 0.2) is 53.5 Å². The first-order valence-electron chi connectivity index (χ1n) is 8.88. The van der Waals surface area contributed by atoms with Crippen LogP contribution in [-0.2, 0) is 6.42 Å². The molecule has 0 N–H and O–H groups in total. The van der Waals surface area contributed by atoms with Crippen molar-refractivity contribution in [2.24, 2.45) is 4.99 Å². The number of nitrogens with zero attached hydrogens (tertiary/aromatic N) is 1. The number of thiocarbonyl (C=S) groups is 1. The normalized spacial score (nSPS) is 10.1. The summed E-state index contributed by atoms with van der Waals surface area (Å²) in [6, 6.07) is 15.3. The van der Waals surface area contributed by atoms with Crippen molar-refractivity contribution in [3.63, 3.8) is 0 Å². The summed E-state index contributed by atoms with van der Waals surface area (Å²) >= 11 is 12.4. The number of hydrogen-bond donors (Lipinski definition) is 0. The van der Waals surface area contributed by atoms with Crippen molar-refractivity contribution in [2.75, 3.05) is 0 Å². The van der Waals surface area contributed by atoms with Gasteiger partial charge < -0.3 is 0 Å². The molecule has 1 aromatic heterocycles. The summed E-state index contributed by atoms with van der Waals surface area (Å²) in [7, 11) is 0. The highest BCUT2D eigenvalue weighted by Crippen LogP contribution is 2.30. The largest absolute Gasteiger partial charge is 0.204 e. The average molecular weight is 426 g/mol. The summed E-state index contributed by atoms with van der Waals surface area (Å²) < 4.78 is 14.0. The Morgan fingerprint density at radius 2 is 1.82 bits per heavy atom. The lowest BCUT2D eigenvalue weighted by Gasteiger charge is -2.00. The number of rotatable bonds is 5. The van der Waals surface area contributed by atoms with Gasteiger partial charge in [0, 0.05) is 20.9 Å². The number of aliphatic imine (C=N–C) groups is 1. The second-order valence-corrected chi connectivity index (χ2v) is 7.95. The minimum absolute atomic E-state index is 0.0131. The van der Waals surface area contributed by atoms with Crippen LogP contribution in [0.2, 0.25) is 5.02 Å². The van der Waals surface area contributed by atoms with E-state index in [1.54, 1.807) is 6.07 Å². The Bertz CT molecular complexity index is 1060. The van der Waals surface area contributed by atoms with Crippen molar-refractivity contribution in [1.82, 2.24) is 0 Å². The maximum Gasteiger partial charge on any atom is 0.152 e. The maximum atomic E-state index is 14.0. The monoisotopic (exact) mass is 425 g/mol. The number of thiophene rings is 1. The van der Waals surface area contributed by atoms with Gasteiger partial charge in [-0.15, -0.1) is 11.3 Å². The Kier molecular flexibility index (Phi) is 7.14. The minimum atomic E-state index is -0.568. The molecule has 0 saturated heterocycles. The average Bonchev–Trinajstić information content (AvgIpc) is 3.17. The van der Waals surface area contributed by atoms with Gasteiger partial charge in [-0.2, -0.15) is 4.99 Å². The van der Waals surface area contributed by atoms with E-state index >= 15 is 0 Å². The second kappa shape index (κ2) is 9.78. The van der Waals surface area contributed by atoms with Crippen molar-refractivity contribution in [3.05, 3.63) is 75.4 Å². The first-order chi connectivity index (χ1) is 13.6. The van der Waals surface area contributed by atoms with Crippen LogP contribution >= 0.6 is 35.2 Å². The van der Waals surface area contributed by atoms with Gasteiger partial charge in [0.15, 0.2) is 5.82 Å². The van der Waals surface area contributed by atoms with Crippen molar-refractivity contribution in [3.8, 4) is 22.3 Å². The van der Waals surface area contributed by atoms with Crippen LogP contribution in [0.4, 0.5) is 10.1 Å². The van der Waals surface area contributed by atoms with Gasteiger partial charge in [-0.1, -0.05) is 48.9 Å². The Morgan fingerprint density at radius 3 is 2.50 bits per heavy atom. The molecular formula is C23H17ClFNS2. The summed E-state index contributed by atoms with van der Waals surface area (Å²) in [6.07, 6.45) is 3.56. The Hall–Kier alpha value is -2.28. The molecule has 0 spiro atoms. The number of unbranched alkanes of at least 4 members (excludes halogenated alkanes) is 1. The molecule has 0 bridgehead atoms. The molecule has 3 aromatic rings. The lowest BCUT2D eigenvalue weighted by molar-refractivity contribution is 0.630. The second-order valence-electron chi connectivity index (χ2n) is 6.19. The molecule has 0 aliphatic heterocycles. The molecule has 0 aliphatic rings. The Balaban J connectivity index is 1.77. The fourth-order valence-corrected chi connectivity index (χ4v) is 4.07. The van der Waals surface area contributed by atoms with E-state index in [1.807, 2.05) is 23.5 Å². The van der Waals surface area contributed by atoms with Crippen molar-refractivity contribution in [1.29, 1.82) is 0 Å². The molecule has 0 radical (unpaired) electrons. The van der Waals surface area contributed by atoms with Gasteiger partial charge in [0.25, 0.3) is 0 Å². The molecule has 0 amide bonds. The van der Waals surface area contributed by atoms with Crippen LogP contribution in [-0.4, -0.2) is 5.16 Å². The summed E-state index contributed by atoms with van der Waals surface area (Å²) in [5.41, 5.74) is 2.49. The summed E-state index contributed by atoms with van der Waals surface area (Å²) in [5, 5.41) is 2.28. The van der Waals surface area contributed by atoms with Crippen molar-refractivity contribution >= 4 is 46.0 Å². The molecular weight excluding hydrogens is 409 g/mol. The minimum Gasteiger partial charge on any atom is -0.204 e. The zero-order valence-corrected chi connectivity index (χ0v) is 17.6. The fraction of sp³-hybridized carbons (Fsp3) is 0.174. The molecule has 0 saturated carbocycles. The molecule has 0 unspecified atom stereocenters. The zero-order valence-electron chi connectivity index (χ0n) is 15.3. The van der Waals surface area contributed by atoms with E-state index in [1.165, 1.54) is 34.2 Å². The van der Waals surface area contributed by atoms with Crippen LogP contribution in [0.3, 0.4) is 0 Å². The number of halogens is 2. The van der Waals surface area contributed by atoms with Crippen LogP contribution in [0.25, 0.3) is 10.4 Å². The summed E-state index contributed by atoms with van der Waals surface area (Å²) in [5.74, 6) is 5.41. The first-order valence-corrected chi connectivity index (χ1v) is 10.5. The van der Waals surface area contributed by atoms with Crippen molar-refractivity contribution < 1.29 is 4.39 Å². The predicted octanol–water partition coefficient (Wildman–Crippen LogP) is 7.68. The van der Waals surface area contributed by atoms with Gasteiger partial charge in [0.2, 0.25) is 0 Å². The standard InChI is InChI=1S/C23H17ClFNS2/c1-2-3-4-19-11-12-22(28-19)18-9-7-16(8-10-18)5-6-17-13-20(24)23(26-15-27)21(25)14-17/h7-14H,2-4H2,1H3. The van der Waals surface area contributed by atoms with E-state index < -0.39 is 5.82 Å². The molecule has 0 atom stereocenters. The lowest BCUT2D eigenvalue weighted by atomic mass is 10.1. The third-order valence-corrected chi connectivity index (χ3v) is 5.71. The molecule has 0 fully saturated rings. The number of benzene rings is 2. The molecule has 3 rings (SSSR count). The van der Waals surface area contributed by atoms with Gasteiger partial charge >= 0.3 is 0 Å². The molecule has 140 valence electrons. The fourth-order valence-electron chi connectivity index (χ4n) is 2.67. The van der Waals surface area contributed by atoms with Gasteiger partial charge in [0.05, 0.1) is 10.2 Å². The highest BCUT2D eigenvalue weighted by atomic mass is 35.5. The lowest BCUT2D eigenvalue weighted by Crippen LogP contribution is -1.83. The van der Waals surface area contributed by atoms with E-state index in [2.05, 4.69) is 65.4 Å². The molecule has 28 heavy (non-hydrogen) atoms. The first kappa shape index (κ1) is 20.5. The van der Waals surface area contributed by atoms with Gasteiger partial charge in [-0.3, -0.25) is 0 Å². The quantitative estimate of drug-likeness (QED) is 0.232. The highest BCUT2D eigenvalue weighted by molar-refractivity contribution is 7.78. The van der Waals surface area contributed by atoms with Crippen LogP contribution in [0.5, 0.6) is 0 Å². The van der Waals surface area contributed by atoms with E-state index in [9.17, 15) is 4.39 Å². The molecule has 1 heterocycles. The van der Waals surface area contributed by atoms with Gasteiger partial charge in [0.1, 0.15) is 5.69 Å². The van der Waals surface area contributed by atoms with Crippen LogP contribution in [0, 0.1) is 17.7 Å². The molecule has 2 aromatic carbocycles. The third-order valence-electron chi connectivity index (χ3n) is 4.13. The molecule has 0 aliphatic carbocycles. The number of isothiocyanates is 1. The molecule has 5 heteroatoms. The van der Waals surface area contributed by atoms with Crippen LogP contribution < -0.4 is 0 Å². The smallest absolute Gasteiger partial charge is 0.152 e. The zero-order chi connectivity index (χ0) is 19.9. The summed E-state index contributed by atoms with van der Waals surface area (Å²) in [4.78, 5) is 6.31. The van der Waals surface area contributed by atoms with E-state index in [0.717, 1.165) is 12.0 Å². The maximum absolute atomic E-state index is 14.0. The van der Waals surface area contributed by atoms with Crippen LogP contribution in [0.1, 0.15) is 35.8 Å². The number of hydrogen-bond acceptors (Lipinski definition) is 3. The summed E-state index contributed by atoms with van der Waals surface area (Å²) in [6.45, 7) is 2.21. The van der Waals surface area contributed by atoms with Gasteiger partial charge in [-0.25, -0.2) is 4.39 Å². The van der Waals surface area contributed by atoms with E-state index in [4.69, 9.17) is 11.6 Å². The third kappa shape index (κ3) is 5.16. The van der Waals surface area contributed by atoms with Crippen molar-refractivity contribution in [2.45, 2.75) is 26.2 Å². The predicted molar refractivity (Wildman–Crippen MR) is 120 cm³/mol. The Morgan fingerprint density at radius 1 is 1.07 bits per heavy atom. The number of aryl methyl sites for hydroxylation is 1. The SMILES string of the molecule is CCCCc1ccc(-c2ccc(C#Cc3cc(F)c(N=C=S)c(Cl)c3)cc2)s1. The van der Waals surface area contributed by atoms with Gasteiger partial charge in [-0.05, 0) is 67.0 Å².